The summed E-state index contributed by atoms with van der Waals surface area (Å²) in [6, 6.07) is 8.23. The molecule has 7 heteroatoms. The predicted octanol–water partition coefficient (Wildman–Crippen LogP) is 2.88. The van der Waals surface area contributed by atoms with Crippen LogP contribution in [0.5, 0.6) is 0 Å². The van der Waals surface area contributed by atoms with Crippen LogP contribution in [-0.2, 0) is 14.3 Å². The number of ether oxygens (including phenoxy) is 1. The van der Waals surface area contributed by atoms with E-state index < -0.39 is 11.9 Å². The highest BCUT2D eigenvalue weighted by atomic mass is 16.5. The molecule has 2 aliphatic rings. The molecule has 2 amide bonds. The molecular weight excluding hydrogens is 358 g/mol. The molecule has 2 atom stereocenters. The van der Waals surface area contributed by atoms with Gasteiger partial charge < -0.3 is 15.0 Å². The second kappa shape index (κ2) is 9.36. The summed E-state index contributed by atoms with van der Waals surface area (Å²) < 4.78 is 5.22. The third-order valence-corrected chi connectivity index (χ3v) is 5.53. The summed E-state index contributed by atoms with van der Waals surface area (Å²) in [7, 11) is 0. The van der Waals surface area contributed by atoms with Crippen molar-refractivity contribution in [3.63, 3.8) is 0 Å². The van der Waals surface area contributed by atoms with E-state index in [-0.39, 0.29) is 18.9 Å². The molecule has 28 heavy (non-hydrogen) atoms. The molecule has 0 aromatic heterocycles. The molecule has 0 radical (unpaired) electrons. The lowest BCUT2D eigenvalue weighted by atomic mass is 9.78. The zero-order chi connectivity index (χ0) is 19.9. The minimum Gasteiger partial charge on any atom is -0.452 e. The predicted molar refractivity (Wildman–Crippen MR) is 102 cm³/mol. The third-order valence-electron chi connectivity index (χ3n) is 5.53. The molecule has 7 nitrogen and oxygen atoms in total. The molecular formula is C21H25N3O4. The average molecular weight is 383 g/mol. The quantitative estimate of drug-likeness (QED) is 0.788. The van der Waals surface area contributed by atoms with E-state index in [2.05, 4.69) is 5.32 Å². The minimum atomic E-state index is -0.569. The van der Waals surface area contributed by atoms with Crippen molar-refractivity contribution < 1.29 is 19.1 Å². The first-order valence-corrected chi connectivity index (χ1v) is 9.82. The molecule has 1 aliphatic heterocycles. The highest BCUT2D eigenvalue weighted by molar-refractivity contribution is 5.94. The minimum absolute atomic E-state index is 0.120. The first kappa shape index (κ1) is 19.9. The fraction of sp³-hybridized carbons (Fsp3) is 0.524. The van der Waals surface area contributed by atoms with Crippen LogP contribution in [0.15, 0.2) is 24.3 Å². The second-order valence-corrected chi connectivity index (χ2v) is 7.38. The number of nitrogens with one attached hydrogen (secondary N) is 1. The van der Waals surface area contributed by atoms with E-state index in [0.717, 1.165) is 25.8 Å². The van der Waals surface area contributed by atoms with E-state index in [4.69, 9.17) is 10.00 Å². The van der Waals surface area contributed by atoms with E-state index >= 15 is 0 Å². The SMILES string of the molecule is N#CCC(=O)Nc1ccc(C(=O)OCC(=O)N2CCC[C@H]3CCCC[C@@H]32)cc1. The number of rotatable bonds is 5. The number of benzene rings is 1. The summed E-state index contributed by atoms with van der Waals surface area (Å²) in [5.74, 6) is -0.511. The second-order valence-electron chi connectivity index (χ2n) is 7.38. The normalized spacial score (nSPS) is 21.2. The Morgan fingerprint density at radius 1 is 1.11 bits per heavy atom. The van der Waals surface area contributed by atoms with E-state index in [1.807, 2.05) is 4.90 Å². The fourth-order valence-corrected chi connectivity index (χ4v) is 4.19. The van der Waals surface area contributed by atoms with Crippen LogP contribution in [0.4, 0.5) is 5.69 Å². The van der Waals surface area contributed by atoms with Crippen molar-refractivity contribution in [3.8, 4) is 6.07 Å². The van der Waals surface area contributed by atoms with E-state index in [0.29, 0.717) is 23.2 Å². The molecule has 0 spiro atoms. The molecule has 1 N–H and O–H groups in total. The molecule has 1 aliphatic carbocycles. The standard InChI is InChI=1S/C21H25N3O4/c22-12-11-19(25)23-17-9-7-16(8-10-17)21(27)28-14-20(26)24-13-3-5-15-4-1-2-6-18(15)24/h7-10,15,18H,1-6,11,13-14H2,(H,23,25)/t15-,18+/m1/s1. The van der Waals surface area contributed by atoms with Crippen molar-refractivity contribution in [1.29, 1.82) is 5.26 Å². The number of fused-ring (bicyclic) bond motifs is 1. The van der Waals surface area contributed by atoms with Crippen molar-refractivity contribution in [2.45, 2.75) is 51.0 Å². The average Bonchev–Trinajstić information content (AvgIpc) is 2.72. The van der Waals surface area contributed by atoms with Gasteiger partial charge in [0.2, 0.25) is 5.91 Å². The molecule has 1 saturated heterocycles. The van der Waals surface area contributed by atoms with Gasteiger partial charge in [-0.25, -0.2) is 4.79 Å². The fourth-order valence-electron chi connectivity index (χ4n) is 4.19. The van der Waals surface area contributed by atoms with Crippen LogP contribution in [-0.4, -0.2) is 41.9 Å². The molecule has 2 fully saturated rings. The van der Waals surface area contributed by atoms with Gasteiger partial charge in [0, 0.05) is 18.3 Å². The van der Waals surface area contributed by atoms with Crippen LogP contribution >= 0.6 is 0 Å². The smallest absolute Gasteiger partial charge is 0.338 e. The zero-order valence-electron chi connectivity index (χ0n) is 15.9. The Bertz CT molecular complexity index is 767. The highest BCUT2D eigenvalue weighted by Gasteiger charge is 2.35. The Morgan fingerprint density at radius 2 is 1.82 bits per heavy atom. The maximum Gasteiger partial charge on any atom is 0.338 e. The van der Waals surface area contributed by atoms with E-state index in [1.165, 1.54) is 31.4 Å². The topological polar surface area (TPSA) is 99.5 Å². The number of carbonyl (C=O) groups is 3. The molecule has 0 bridgehead atoms. The largest absolute Gasteiger partial charge is 0.452 e. The van der Waals surface area contributed by atoms with Crippen LogP contribution in [0, 0.1) is 17.2 Å². The summed E-state index contributed by atoms with van der Waals surface area (Å²) >= 11 is 0. The Kier molecular flexibility index (Phi) is 6.64. The number of nitrogens with zero attached hydrogens (tertiary/aromatic N) is 2. The number of hydrogen-bond acceptors (Lipinski definition) is 5. The van der Waals surface area contributed by atoms with Gasteiger partial charge in [-0.3, -0.25) is 9.59 Å². The maximum absolute atomic E-state index is 12.6. The van der Waals surface area contributed by atoms with Crippen LogP contribution in [0.3, 0.4) is 0 Å². The van der Waals surface area contributed by atoms with Gasteiger partial charge in [0.05, 0.1) is 11.6 Å². The number of piperidine rings is 1. The Morgan fingerprint density at radius 3 is 2.57 bits per heavy atom. The number of esters is 1. The molecule has 1 aromatic rings. The first-order valence-electron chi connectivity index (χ1n) is 9.82. The van der Waals surface area contributed by atoms with Gasteiger partial charge in [0.15, 0.2) is 6.61 Å². The van der Waals surface area contributed by atoms with Gasteiger partial charge in [-0.2, -0.15) is 5.26 Å². The summed E-state index contributed by atoms with van der Waals surface area (Å²) in [5.41, 5.74) is 0.796. The highest BCUT2D eigenvalue weighted by Crippen LogP contribution is 2.35. The molecule has 3 rings (SSSR count). The Labute approximate surface area is 164 Å². The monoisotopic (exact) mass is 383 g/mol. The van der Waals surface area contributed by atoms with Gasteiger partial charge in [-0.15, -0.1) is 0 Å². The summed E-state index contributed by atoms with van der Waals surface area (Å²) in [5, 5.41) is 11.0. The number of hydrogen-bond donors (Lipinski definition) is 1. The lowest BCUT2D eigenvalue weighted by molar-refractivity contribution is -0.140. The lowest BCUT2D eigenvalue weighted by Gasteiger charge is -2.44. The van der Waals surface area contributed by atoms with Crippen molar-refractivity contribution in [1.82, 2.24) is 4.90 Å². The Hall–Kier alpha value is -2.88. The van der Waals surface area contributed by atoms with E-state index in [1.54, 1.807) is 18.2 Å². The summed E-state index contributed by atoms with van der Waals surface area (Å²) in [4.78, 5) is 38.1. The van der Waals surface area contributed by atoms with Crippen LogP contribution in [0.1, 0.15) is 55.3 Å². The Balaban J connectivity index is 1.51. The summed E-state index contributed by atoms with van der Waals surface area (Å²) in [6.07, 6.45) is 6.59. The van der Waals surface area contributed by atoms with Gasteiger partial charge >= 0.3 is 5.97 Å². The molecule has 1 heterocycles. The number of likely N-dealkylation sites (tertiary alicyclic amines) is 1. The number of anilines is 1. The van der Waals surface area contributed by atoms with Crippen molar-refractivity contribution in [3.05, 3.63) is 29.8 Å². The molecule has 1 saturated carbocycles. The van der Waals surface area contributed by atoms with Crippen molar-refractivity contribution >= 4 is 23.5 Å². The van der Waals surface area contributed by atoms with Gasteiger partial charge in [-0.05, 0) is 55.9 Å². The van der Waals surface area contributed by atoms with Gasteiger partial charge in [0.1, 0.15) is 6.42 Å². The molecule has 0 unspecified atom stereocenters. The van der Waals surface area contributed by atoms with E-state index in [9.17, 15) is 14.4 Å². The van der Waals surface area contributed by atoms with Crippen LogP contribution in [0.2, 0.25) is 0 Å². The van der Waals surface area contributed by atoms with Crippen LogP contribution < -0.4 is 5.32 Å². The maximum atomic E-state index is 12.6. The number of carbonyl (C=O) groups excluding carboxylic acids is 3. The number of nitriles is 1. The molecule has 1 aromatic carbocycles. The third kappa shape index (κ3) is 4.89. The zero-order valence-corrected chi connectivity index (χ0v) is 15.9. The number of amides is 2. The summed E-state index contributed by atoms with van der Waals surface area (Å²) in [6.45, 7) is 0.497. The van der Waals surface area contributed by atoms with Crippen molar-refractivity contribution in [2.75, 3.05) is 18.5 Å². The van der Waals surface area contributed by atoms with Crippen LogP contribution in [0.25, 0.3) is 0 Å². The first-order chi connectivity index (χ1) is 13.6. The lowest BCUT2D eigenvalue weighted by Crippen LogP contribution is -2.50. The molecule has 148 valence electrons. The van der Waals surface area contributed by atoms with Gasteiger partial charge in [-0.1, -0.05) is 12.8 Å². The van der Waals surface area contributed by atoms with Gasteiger partial charge in [0.25, 0.3) is 5.91 Å². The van der Waals surface area contributed by atoms with Crippen molar-refractivity contribution in [2.24, 2.45) is 5.92 Å².